The minimum atomic E-state index is -4.94. The van der Waals surface area contributed by atoms with E-state index in [1.165, 1.54) is 0 Å². The minimum absolute atomic E-state index is 0.00523. The topological polar surface area (TPSA) is 59.4 Å². The highest BCUT2D eigenvalue weighted by molar-refractivity contribution is 9.08. The summed E-state index contributed by atoms with van der Waals surface area (Å²) >= 11 is 2.91. The van der Waals surface area contributed by atoms with Gasteiger partial charge in [0.1, 0.15) is 5.69 Å². The summed E-state index contributed by atoms with van der Waals surface area (Å²) < 4.78 is 39.4. The van der Waals surface area contributed by atoms with Crippen LogP contribution >= 0.6 is 15.9 Å². The number of ether oxygens (including phenoxy) is 1. The highest BCUT2D eigenvalue weighted by atomic mass is 79.9. The Hall–Kier alpha value is -1.31. The fourth-order valence-electron chi connectivity index (χ4n) is 0.942. The average molecular weight is 300 g/mol. The van der Waals surface area contributed by atoms with Crippen molar-refractivity contribution in [1.82, 2.24) is 4.98 Å². The van der Waals surface area contributed by atoms with Gasteiger partial charge in [-0.25, -0.2) is 4.98 Å². The zero-order valence-corrected chi connectivity index (χ0v) is 9.17. The molecule has 0 spiro atoms. The molecule has 0 atom stereocenters. The second-order valence-corrected chi connectivity index (χ2v) is 3.20. The van der Waals surface area contributed by atoms with E-state index in [1.54, 1.807) is 0 Å². The molecule has 0 radical (unpaired) electrons. The van der Waals surface area contributed by atoms with Crippen molar-refractivity contribution in [2.45, 2.75) is 11.7 Å². The summed E-state index contributed by atoms with van der Waals surface area (Å²) in [4.78, 5) is 14.0. The fourth-order valence-corrected chi connectivity index (χ4v) is 1.33. The summed E-state index contributed by atoms with van der Waals surface area (Å²) in [6.07, 6.45) is -4.68. The fraction of sp³-hybridized carbons (Fsp3) is 0.250. The summed E-state index contributed by atoms with van der Waals surface area (Å²) in [6, 6.07) is 0.710. The maximum Gasteiger partial charge on any atom is 0.573 e. The van der Waals surface area contributed by atoms with Crippen LogP contribution in [0.25, 0.3) is 0 Å². The molecule has 0 fully saturated rings. The van der Waals surface area contributed by atoms with Crippen LogP contribution in [0.5, 0.6) is 11.5 Å². The molecule has 0 aliphatic rings. The van der Waals surface area contributed by atoms with Crippen LogP contribution in [-0.2, 0) is 5.33 Å². The lowest BCUT2D eigenvalue weighted by Gasteiger charge is -2.12. The third-order valence-corrected chi connectivity index (χ3v) is 2.05. The standard InChI is InChI=1S/C8H5BrF3NO3/c9-2-5-7(15)6(16-8(10,11)12)1-4(3-14)13-5/h1,3,15H,2H2. The lowest BCUT2D eigenvalue weighted by atomic mass is 10.3. The molecular formula is C8H5BrF3NO3. The summed E-state index contributed by atoms with van der Waals surface area (Å²) in [5, 5.41) is 9.33. The van der Waals surface area contributed by atoms with Gasteiger partial charge in [-0.3, -0.25) is 4.79 Å². The van der Waals surface area contributed by atoms with E-state index in [-0.39, 0.29) is 23.0 Å². The van der Waals surface area contributed by atoms with Crippen molar-refractivity contribution in [2.75, 3.05) is 0 Å². The molecule has 0 aromatic carbocycles. The van der Waals surface area contributed by atoms with Gasteiger partial charge < -0.3 is 9.84 Å². The Kier molecular flexibility index (Phi) is 3.74. The molecule has 8 heteroatoms. The summed E-state index contributed by atoms with van der Waals surface area (Å²) in [7, 11) is 0. The van der Waals surface area contributed by atoms with Crippen molar-refractivity contribution in [2.24, 2.45) is 0 Å². The second kappa shape index (κ2) is 4.69. The third kappa shape index (κ3) is 3.09. The molecule has 0 aliphatic carbocycles. The van der Waals surface area contributed by atoms with Crippen LogP contribution in [0.4, 0.5) is 13.2 Å². The molecule has 0 saturated heterocycles. The zero-order valence-electron chi connectivity index (χ0n) is 7.58. The Balaban J connectivity index is 3.21. The average Bonchev–Trinajstić information content (AvgIpc) is 2.19. The van der Waals surface area contributed by atoms with Gasteiger partial charge in [0.05, 0.1) is 5.69 Å². The number of alkyl halides is 4. The highest BCUT2D eigenvalue weighted by Gasteiger charge is 2.33. The first-order valence-corrected chi connectivity index (χ1v) is 4.99. The SMILES string of the molecule is O=Cc1cc(OC(F)(F)F)c(O)c(CBr)n1. The Morgan fingerprint density at radius 3 is 2.62 bits per heavy atom. The molecule has 4 nitrogen and oxygen atoms in total. The number of aromatic nitrogens is 1. The lowest BCUT2D eigenvalue weighted by Crippen LogP contribution is -2.17. The number of aromatic hydroxyl groups is 1. The number of nitrogens with zero attached hydrogens (tertiary/aromatic N) is 1. The number of hydrogen-bond donors (Lipinski definition) is 1. The summed E-state index contributed by atoms with van der Waals surface area (Å²) in [5.74, 6) is -1.60. The summed E-state index contributed by atoms with van der Waals surface area (Å²) in [6.45, 7) is 0. The minimum Gasteiger partial charge on any atom is -0.503 e. The van der Waals surface area contributed by atoms with Gasteiger partial charge in [0.25, 0.3) is 0 Å². The first-order chi connectivity index (χ1) is 7.37. The largest absolute Gasteiger partial charge is 0.573 e. The van der Waals surface area contributed by atoms with Gasteiger partial charge in [-0.1, -0.05) is 15.9 Å². The smallest absolute Gasteiger partial charge is 0.503 e. The van der Waals surface area contributed by atoms with Crippen LogP contribution in [0.1, 0.15) is 16.2 Å². The van der Waals surface area contributed by atoms with E-state index in [0.29, 0.717) is 6.07 Å². The van der Waals surface area contributed by atoms with E-state index in [2.05, 4.69) is 25.7 Å². The predicted octanol–water partition coefficient (Wildman–Crippen LogP) is 2.39. The molecule has 16 heavy (non-hydrogen) atoms. The molecule has 0 saturated carbocycles. The predicted molar refractivity (Wildman–Crippen MR) is 50.6 cm³/mol. The normalized spacial score (nSPS) is 11.2. The molecule has 0 aliphatic heterocycles. The number of aldehydes is 1. The van der Waals surface area contributed by atoms with Crippen molar-refractivity contribution in [3.05, 3.63) is 17.5 Å². The van der Waals surface area contributed by atoms with E-state index in [4.69, 9.17) is 0 Å². The van der Waals surface area contributed by atoms with Crippen molar-refractivity contribution < 1.29 is 27.8 Å². The Morgan fingerprint density at radius 1 is 1.56 bits per heavy atom. The van der Waals surface area contributed by atoms with Crippen molar-refractivity contribution >= 4 is 22.2 Å². The van der Waals surface area contributed by atoms with Crippen LogP contribution < -0.4 is 4.74 Å². The number of halogens is 4. The van der Waals surface area contributed by atoms with Crippen LogP contribution in [0.3, 0.4) is 0 Å². The van der Waals surface area contributed by atoms with E-state index in [1.807, 2.05) is 0 Å². The van der Waals surface area contributed by atoms with Crippen molar-refractivity contribution in [1.29, 1.82) is 0 Å². The number of rotatable bonds is 3. The first kappa shape index (κ1) is 12.8. The van der Waals surface area contributed by atoms with Gasteiger partial charge in [-0.15, -0.1) is 13.2 Å². The molecule has 1 aromatic heterocycles. The van der Waals surface area contributed by atoms with Crippen LogP contribution in [-0.4, -0.2) is 22.7 Å². The van der Waals surface area contributed by atoms with Gasteiger partial charge in [-0.2, -0.15) is 0 Å². The van der Waals surface area contributed by atoms with E-state index < -0.39 is 17.9 Å². The molecule has 0 amide bonds. The maximum absolute atomic E-state index is 11.9. The van der Waals surface area contributed by atoms with Crippen LogP contribution in [0.2, 0.25) is 0 Å². The molecule has 1 aromatic rings. The monoisotopic (exact) mass is 299 g/mol. The second-order valence-electron chi connectivity index (χ2n) is 2.64. The third-order valence-electron chi connectivity index (χ3n) is 1.52. The maximum atomic E-state index is 11.9. The molecular weight excluding hydrogens is 295 g/mol. The Labute approximate surface area is 96.2 Å². The molecule has 0 bridgehead atoms. The molecule has 1 rings (SSSR count). The van der Waals surface area contributed by atoms with Gasteiger partial charge in [-0.05, 0) is 0 Å². The van der Waals surface area contributed by atoms with E-state index in [9.17, 15) is 23.1 Å². The number of carbonyl (C=O) groups is 1. The first-order valence-electron chi connectivity index (χ1n) is 3.87. The number of hydrogen-bond acceptors (Lipinski definition) is 4. The van der Waals surface area contributed by atoms with E-state index in [0.717, 1.165) is 0 Å². The van der Waals surface area contributed by atoms with Crippen molar-refractivity contribution in [3.8, 4) is 11.5 Å². The zero-order chi connectivity index (χ0) is 12.3. The van der Waals surface area contributed by atoms with Crippen LogP contribution in [0, 0.1) is 0 Å². The number of pyridine rings is 1. The van der Waals surface area contributed by atoms with E-state index >= 15 is 0 Å². The quantitative estimate of drug-likeness (QED) is 0.688. The Bertz CT molecular complexity index is 408. The van der Waals surface area contributed by atoms with Gasteiger partial charge in [0.15, 0.2) is 17.8 Å². The Morgan fingerprint density at radius 2 is 2.19 bits per heavy atom. The molecule has 1 heterocycles. The summed E-state index contributed by atoms with van der Waals surface area (Å²) in [5.41, 5.74) is -0.365. The van der Waals surface area contributed by atoms with Gasteiger partial charge in [0.2, 0.25) is 0 Å². The van der Waals surface area contributed by atoms with Gasteiger partial charge in [0, 0.05) is 11.4 Å². The highest BCUT2D eigenvalue weighted by Crippen LogP contribution is 2.34. The van der Waals surface area contributed by atoms with Crippen molar-refractivity contribution in [3.63, 3.8) is 0 Å². The molecule has 0 unspecified atom stereocenters. The molecule has 1 N–H and O–H groups in total. The van der Waals surface area contributed by atoms with Crippen LogP contribution in [0.15, 0.2) is 6.07 Å². The lowest BCUT2D eigenvalue weighted by molar-refractivity contribution is -0.275. The number of carbonyl (C=O) groups excluding carboxylic acids is 1. The van der Waals surface area contributed by atoms with Gasteiger partial charge >= 0.3 is 6.36 Å². The molecule has 88 valence electrons.